The van der Waals surface area contributed by atoms with E-state index in [1.807, 2.05) is 13.0 Å². The minimum absolute atomic E-state index is 0.217. The molecule has 0 saturated carbocycles. The molecule has 1 aliphatic rings. The van der Waals surface area contributed by atoms with E-state index in [0.29, 0.717) is 65.5 Å². The van der Waals surface area contributed by atoms with Gasteiger partial charge in [-0.2, -0.15) is 8.78 Å². The largest absolute Gasteiger partial charge is 0.496 e. The molecule has 0 aliphatic carbocycles. The van der Waals surface area contributed by atoms with E-state index in [9.17, 15) is 13.9 Å². The van der Waals surface area contributed by atoms with Gasteiger partial charge in [0.05, 0.1) is 24.3 Å². The Morgan fingerprint density at radius 2 is 1.89 bits per heavy atom. The summed E-state index contributed by atoms with van der Waals surface area (Å²) in [6, 6.07) is 7.53. The Morgan fingerprint density at radius 3 is 2.56 bits per heavy atom. The van der Waals surface area contributed by atoms with Crippen LogP contribution in [0.2, 0.25) is 0 Å². The molecule has 4 rings (SSSR count). The number of fused-ring (bicyclic) bond motifs is 1. The number of aryl methyl sites for hydroxylation is 1. The third-order valence-electron chi connectivity index (χ3n) is 6.53. The molecule has 0 unspecified atom stereocenters. The minimum atomic E-state index is -3.18. The summed E-state index contributed by atoms with van der Waals surface area (Å²) in [5, 5.41) is 15.4. The maximum Gasteiger partial charge on any atom is 0.296 e. The molecule has 3 aromatic rings. The third-order valence-corrected chi connectivity index (χ3v) is 6.53. The number of hydrogen-bond donors (Lipinski definition) is 3. The van der Waals surface area contributed by atoms with E-state index in [0.717, 1.165) is 0 Å². The van der Waals surface area contributed by atoms with E-state index < -0.39 is 24.2 Å². The molecule has 0 radical (unpaired) electrons. The van der Waals surface area contributed by atoms with Crippen LogP contribution >= 0.6 is 0 Å². The maximum absolute atomic E-state index is 14.5. The lowest BCUT2D eigenvalue weighted by molar-refractivity contribution is -0.0699. The number of nitrogen functional groups attached to an aromatic ring is 1. The Balaban J connectivity index is 1.76. The Bertz CT molecular complexity index is 1250. The first kappa shape index (κ1) is 26.0. The van der Waals surface area contributed by atoms with Gasteiger partial charge in [-0.3, -0.25) is 0 Å². The van der Waals surface area contributed by atoms with Gasteiger partial charge >= 0.3 is 0 Å². The van der Waals surface area contributed by atoms with Gasteiger partial charge in [-0.1, -0.05) is 0 Å². The van der Waals surface area contributed by atoms with E-state index in [1.54, 1.807) is 26.2 Å². The fraction of sp³-hybridized carbons (Fsp3) is 0.462. The Hall–Kier alpha value is -3.08. The average molecular weight is 503 g/mol. The highest BCUT2D eigenvalue weighted by atomic mass is 19.3. The van der Waals surface area contributed by atoms with Crippen LogP contribution in [0.5, 0.6) is 5.75 Å². The van der Waals surface area contributed by atoms with Gasteiger partial charge < -0.3 is 30.4 Å². The topological polar surface area (TPSA) is 112 Å². The Kier molecular flexibility index (Phi) is 7.31. The number of aromatic nitrogens is 2. The molecule has 0 bridgehead atoms. The first-order valence-corrected chi connectivity index (χ1v) is 11.8. The molecule has 0 spiro atoms. The van der Waals surface area contributed by atoms with Crippen LogP contribution < -0.4 is 15.8 Å². The molecule has 10 heteroatoms. The van der Waals surface area contributed by atoms with E-state index in [1.165, 1.54) is 19.2 Å². The lowest BCUT2D eigenvalue weighted by atomic mass is 9.85. The van der Waals surface area contributed by atoms with Crippen molar-refractivity contribution in [1.82, 2.24) is 9.97 Å². The molecular formula is C26H32F2N4O4. The molecule has 1 aliphatic heterocycles. The zero-order valence-electron chi connectivity index (χ0n) is 20.9. The van der Waals surface area contributed by atoms with Crippen LogP contribution in [0, 0.1) is 6.92 Å². The number of benzene rings is 2. The predicted octanol–water partition coefficient (Wildman–Crippen LogP) is 4.44. The van der Waals surface area contributed by atoms with Crippen molar-refractivity contribution in [3.8, 4) is 5.75 Å². The van der Waals surface area contributed by atoms with Crippen LogP contribution in [0.1, 0.15) is 48.3 Å². The van der Waals surface area contributed by atoms with Gasteiger partial charge in [0.25, 0.3) is 5.92 Å². The van der Waals surface area contributed by atoms with Gasteiger partial charge in [0.2, 0.25) is 0 Å². The summed E-state index contributed by atoms with van der Waals surface area (Å²) in [7, 11) is 2.79. The molecule has 4 N–H and O–H groups in total. The highest BCUT2D eigenvalue weighted by Gasteiger charge is 2.35. The molecule has 36 heavy (non-hydrogen) atoms. The van der Waals surface area contributed by atoms with Crippen LogP contribution in [-0.4, -0.2) is 49.1 Å². The average Bonchev–Trinajstić information content (AvgIpc) is 2.83. The molecule has 8 nitrogen and oxygen atoms in total. The first-order chi connectivity index (χ1) is 17.1. The normalized spacial score (nSPS) is 16.6. The summed E-state index contributed by atoms with van der Waals surface area (Å²) in [6.45, 7) is 3.75. The smallest absolute Gasteiger partial charge is 0.296 e. The van der Waals surface area contributed by atoms with Gasteiger partial charge in [0.1, 0.15) is 24.0 Å². The van der Waals surface area contributed by atoms with Gasteiger partial charge in [-0.25, -0.2) is 9.97 Å². The van der Waals surface area contributed by atoms with Crippen LogP contribution in [0.25, 0.3) is 10.9 Å². The summed E-state index contributed by atoms with van der Waals surface area (Å²) >= 11 is 0. The number of alkyl halides is 2. The molecule has 1 saturated heterocycles. The lowest BCUT2D eigenvalue weighted by Gasteiger charge is -2.33. The predicted molar refractivity (Wildman–Crippen MR) is 133 cm³/mol. The third kappa shape index (κ3) is 5.21. The quantitative estimate of drug-likeness (QED) is 0.388. The zero-order chi connectivity index (χ0) is 26.1. The number of rotatable bonds is 8. The van der Waals surface area contributed by atoms with E-state index in [-0.39, 0.29) is 11.3 Å². The summed E-state index contributed by atoms with van der Waals surface area (Å²) in [5.41, 5.74) is 6.70. The van der Waals surface area contributed by atoms with Gasteiger partial charge in [0.15, 0.2) is 0 Å². The van der Waals surface area contributed by atoms with Crippen molar-refractivity contribution >= 4 is 22.4 Å². The summed E-state index contributed by atoms with van der Waals surface area (Å²) in [6.07, 6.45) is 0.866. The monoisotopic (exact) mass is 502 g/mol. The second kappa shape index (κ2) is 10.1. The van der Waals surface area contributed by atoms with Gasteiger partial charge in [0, 0.05) is 61.4 Å². The second-order valence-electron chi connectivity index (χ2n) is 9.22. The number of nitrogens with zero attached hydrogens (tertiary/aromatic N) is 2. The standard InChI is InChI=1S/C26H32F2N4O4/c1-15(17-9-18(11-19(29)10-17)26(27,28)14-34-3)30-24-20-12-21(25(33)5-7-36-8-6-25)23(35-4)13-22(20)31-16(2)32-24/h9-13,15,33H,5-8,14,29H2,1-4H3,(H,30,31,32)/t15-/m1/s1. The van der Waals surface area contributed by atoms with Crippen molar-refractivity contribution in [2.75, 3.05) is 45.1 Å². The van der Waals surface area contributed by atoms with Crippen molar-refractivity contribution in [3.63, 3.8) is 0 Å². The summed E-state index contributed by atoms with van der Waals surface area (Å²) < 4.78 is 44.8. The maximum atomic E-state index is 14.5. The first-order valence-electron chi connectivity index (χ1n) is 11.8. The summed E-state index contributed by atoms with van der Waals surface area (Å²) in [5.74, 6) is -1.61. The molecule has 1 aromatic heterocycles. The van der Waals surface area contributed by atoms with E-state index in [2.05, 4.69) is 20.0 Å². The molecule has 194 valence electrons. The number of aliphatic hydroxyl groups is 1. The van der Waals surface area contributed by atoms with Crippen molar-refractivity contribution in [1.29, 1.82) is 0 Å². The molecule has 0 amide bonds. The highest BCUT2D eigenvalue weighted by Crippen LogP contribution is 2.41. The molecule has 1 fully saturated rings. The van der Waals surface area contributed by atoms with Crippen molar-refractivity contribution in [2.24, 2.45) is 0 Å². The van der Waals surface area contributed by atoms with Gasteiger partial charge in [-0.15, -0.1) is 0 Å². The van der Waals surface area contributed by atoms with Crippen LogP contribution in [0.15, 0.2) is 30.3 Å². The van der Waals surface area contributed by atoms with Crippen molar-refractivity contribution in [3.05, 3.63) is 52.8 Å². The zero-order valence-corrected chi connectivity index (χ0v) is 20.9. The Morgan fingerprint density at radius 1 is 1.17 bits per heavy atom. The number of anilines is 2. The molecule has 2 aromatic carbocycles. The van der Waals surface area contributed by atoms with Crippen LogP contribution in [0.3, 0.4) is 0 Å². The lowest BCUT2D eigenvalue weighted by Crippen LogP contribution is -2.33. The SMILES string of the molecule is COCC(F)(F)c1cc(N)cc([C@@H](C)Nc2nc(C)nc3cc(OC)c(C4(O)CCOCC4)cc23)c1. The second-order valence-corrected chi connectivity index (χ2v) is 9.22. The number of nitrogens with two attached hydrogens (primary N) is 1. The van der Waals surface area contributed by atoms with E-state index >= 15 is 0 Å². The number of halogens is 2. The Labute approximate surface area is 208 Å². The minimum Gasteiger partial charge on any atom is -0.496 e. The summed E-state index contributed by atoms with van der Waals surface area (Å²) in [4.78, 5) is 9.13. The fourth-order valence-corrected chi connectivity index (χ4v) is 4.58. The van der Waals surface area contributed by atoms with Crippen molar-refractivity contribution in [2.45, 2.75) is 44.3 Å². The molecular weight excluding hydrogens is 470 g/mol. The van der Waals surface area contributed by atoms with Crippen LogP contribution in [0.4, 0.5) is 20.3 Å². The number of methoxy groups -OCH3 is 2. The van der Waals surface area contributed by atoms with Crippen molar-refractivity contribution < 1.29 is 28.1 Å². The van der Waals surface area contributed by atoms with Gasteiger partial charge in [-0.05, 0) is 43.7 Å². The molecule has 1 atom stereocenters. The molecule has 2 heterocycles. The highest BCUT2D eigenvalue weighted by molar-refractivity contribution is 5.91. The number of hydrogen-bond acceptors (Lipinski definition) is 8. The van der Waals surface area contributed by atoms with E-state index in [4.69, 9.17) is 15.2 Å². The fourth-order valence-electron chi connectivity index (χ4n) is 4.58. The number of ether oxygens (including phenoxy) is 3. The van der Waals surface area contributed by atoms with Crippen LogP contribution in [-0.2, 0) is 21.0 Å². The number of nitrogens with one attached hydrogen (secondary N) is 1.